The summed E-state index contributed by atoms with van der Waals surface area (Å²) >= 11 is 0. The molecule has 1 saturated carbocycles. The molecule has 0 spiro atoms. The molecular weight excluding hydrogens is 180 g/mol. The van der Waals surface area contributed by atoms with Gasteiger partial charge in [0.15, 0.2) is 0 Å². The summed E-state index contributed by atoms with van der Waals surface area (Å²) in [4.78, 5) is 0. The Kier molecular flexibility index (Phi) is 7.13. The molecule has 1 rings (SSSR count). The molecule has 0 N–H and O–H groups in total. The third kappa shape index (κ3) is 5.58. The lowest BCUT2D eigenvalue weighted by atomic mass is 9.80. The van der Waals surface area contributed by atoms with Crippen LogP contribution in [0.15, 0.2) is 0 Å². The Labute approximate surface area is 96.8 Å². The van der Waals surface area contributed by atoms with Crippen LogP contribution in [0.5, 0.6) is 0 Å². The lowest BCUT2D eigenvalue weighted by Gasteiger charge is -2.26. The average molecular weight is 210 g/mol. The summed E-state index contributed by atoms with van der Waals surface area (Å²) in [5.74, 6) is 2.13. The Morgan fingerprint density at radius 2 is 1.73 bits per heavy atom. The van der Waals surface area contributed by atoms with Gasteiger partial charge in [-0.3, -0.25) is 0 Å². The molecule has 1 unspecified atom stereocenters. The first-order chi connectivity index (χ1) is 7.36. The Morgan fingerprint density at radius 1 is 1.00 bits per heavy atom. The zero-order valence-electron chi connectivity index (χ0n) is 10.9. The molecule has 1 aliphatic carbocycles. The molecule has 0 aliphatic heterocycles. The molecule has 0 heterocycles. The molecule has 0 aromatic carbocycles. The van der Waals surface area contributed by atoms with Crippen molar-refractivity contribution in [1.82, 2.24) is 0 Å². The summed E-state index contributed by atoms with van der Waals surface area (Å²) in [7, 11) is 0. The molecule has 1 aliphatic rings. The zero-order valence-corrected chi connectivity index (χ0v) is 10.9. The molecule has 1 atom stereocenters. The van der Waals surface area contributed by atoms with Crippen LogP contribution in [0.3, 0.4) is 0 Å². The molecular formula is C15H30. The van der Waals surface area contributed by atoms with Crippen LogP contribution in [-0.4, -0.2) is 0 Å². The van der Waals surface area contributed by atoms with E-state index in [4.69, 9.17) is 0 Å². The Balaban J connectivity index is 2.13. The van der Waals surface area contributed by atoms with E-state index in [0.717, 1.165) is 11.8 Å². The van der Waals surface area contributed by atoms with Crippen molar-refractivity contribution >= 4 is 0 Å². The van der Waals surface area contributed by atoms with Gasteiger partial charge in [-0.05, 0) is 18.3 Å². The predicted molar refractivity (Wildman–Crippen MR) is 69.1 cm³/mol. The first kappa shape index (κ1) is 13.1. The highest BCUT2D eigenvalue weighted by atomic mass is 14.2. The van der Waals surface area contributed by atoms with Gasteiger partial charge in [-0.1, -0.05) is 78.1 Å². The van der Waals surface area contributed by atoms with Crippen molar-refractivity contribution in [3.05, 3.63) is 0 Å². The summed E-state index contributed by atoms with van der Waals surface area (Å²) in [6.45, 7) is 4.70. The molecule has 0 heteroatoms. The minimum atomic E-state index is 1.04. The highest BCUT2D eigenvalue weighted by Gasteiger charge is 2.17. The third-order valence-electron chi connectivity index (χ3n) is 4.18. The zero-order chi connectivity index (χ0) is 10.9. The summed E-state index contributed by atoms with van der Waals surface area (Å²) in [5, 5.41) is 0. The van der Waals surface area contributed by atoms with Gasteiger partial charge >= 0.3 is 0 Å². The van der Waals surface area contributed by atoms with Crippen molar-refractivity contribution in [2.75, 3.05) is 0 Å². The van der Waals surface area contributed by atoms with Crippen molar-refractivity contribution in [2.24, 2.45) is 11.8 Å². The van der Waals surface area contributed by atoms with Gasteiger partial charge in [0.1, 0.15) is 0 Å². The summed E-state index contributed by atoms with van der Waals surface area (Å²) in [5.41, 5.74) is 0. The third-order valence-corrected chi connectivity index (χ3v) is 4.18. The minimum absolute atomic E-state index is 1.04. The monoisotopic (exact) mass is 210 g/mol. The Bertz CT molecular complexity index is 133. The fourth-order valence-corrected chi connectivity index (χ4v) is 3.07. The van der Waals surface area contributed by atoms with E-state index >= 15 is 0 Å². The van der Waals surface area contributed by atoms with Crippen molar-refractivity contribution in [1.29, 1.82) is 0 Å². The van der Waals surface area contributed by atoms with Crippen molar-refractivity contribution < 1.29 is 0 Å². The quantitative estimate of drug-likeness (QED) is 0.482. The molecule has 0 aromatic rings. The van der Waals surface area contributed by atoms with Gasteiger partial charge in [0.2, 0.25) is 0 Å². The number of rotatable bonds is 7. The standard InChI is InChI=1S/C15H30/c1-3-5-7-10-14(4-2)13-15-11-8-6-9-12-15/h14-15H,3-13H2,1-2H3. The molecule has 0 amide bonds. The van der Waals surface area contributed by atoms with Gasteiger partial charge in [0.05, 0.1) is 0 Å². The lowest BCUT2D eigenvalue weighted by Crippen LogP contribution is -2.12. The maximum Gasteiger partial charge on any atom is -0.0412 e. The SMILES string of the molecule is CCCCCC(CC)CC1CCCCC1. The minimum Gasteiger partial charge on any atom is -0.0654 e. The van der Waals surface area contributed by atoms with E-state index in [-0.39, 0.29) is 0 Å². The van der Waals surface area contributed by atoms with Crippen LogP contribution in [0, 0.1) is 11.8 Å². The Hall–Kier alpha value is 0. The van der Waals surface area contributed by atoms with Crippen molar-refractivity contribution in [2.45, 2.75) is 84.5 Å². The van der Waals surface area contributed by atoms with E-state index in [1.807, 2.05) is 0 Å². The molecule has 0 aromatic heterocycles. The average Bonchev–Trinajstić information content (AvgIpc) is 2.29. The maximum atomic E-state index is 2.39. The number of hydrogen-bond donors (Lipinski definition) is 0. The molecule has 90 valence electrons. The van der Waals surface area contributed by atoms with Crippen LogP contribution in [0.4, 0.5) is 0 Å². The molecule has 0 saturated heterocycles. The smallest absolute Gasteiger partial charge is 0.0412 e. The van der Waals surface area contributed by atoms with E-state index in [1.54, 1.807) is 6.42 Å². The van der Waals surface area contributed by atoms with Crippen LogP contribution in [0.1, 0.15) is 84.5 Å². The number of unbranched alkanes of at least 4 members (excludes halogenated alkanes) is 2. The van der Waals surface area contributed by atoms with Gasteiger partial charge in [-0.25, -0.2) is 0 Å². The van der Waals surface area contributed by atoms with E-state index in [0.29, 0.717) is 0 Å². The van der Waals surface area contributed by atoms with E-state index < -0.39 is 0 Å². The molecule has 0 bridgehead atoms. The fraction of sp³-hybridized carbons (Fsp3) is 1.00. The van der Waals surface area contributed by atoms with E-state index in [2.05, 4.69) is 13.8 Å². The second-order valence-electron chi connectivity index (χ2n) is 5.51. The van der Waals surface area contributed by atoms with Crippen LogP contribution < -0.4 is 0 Å². The van der Waals surface area contributed by atoms with Crippen LogP contribution in [0.25, 0.3) is 0 Å². The highest BCUT2D eigenvalue weighted by molar-refractivity contribution is 4.70. The lowest BCUT2D eigenvalue weighted by molar-refractivity contribution is 0.270. The van der Waals surface area contributed by atoms with E-state index in [1.165, 1.54) is 64.2 Å². The van der Waals surface area contributed by atoms with Gasteiger partial charge in [0.25, 0.3) is 0 Å². The Morgan fingerprint density at radius 3 is 2.33 bits per heavy atom. The first-order valence-electron chi connectivity index (χ1n) is 7.36. The second kappa shape index (κ2) is 8.19. The summed E-state index contributed by atoms with van der Waals surface area (Å²) < 4.78 is 0. The van der Waals surface area contributed by atoms with Crippen LogP contribution in [-0.2, 0) is 0 Å². The topological polar surface area (TPSA) is 0 Å². The maximum absolute atomic E-state index is 2.39. The molecule has 15 heavy (non-hydrogen) atoms. The van der Waals surface area contributed by atoms with Crippen molar-refractivity contribution in [3.8, 4) is 0 Å². The molecule has 1 fully saturated rings. The normalized spacial score (nSPS) is 20.4. The molecule has 0 radical (unpaired) electrons. The van der Waals surface area contributed by atoms with Gasteiger partial charge in [-0.15, -0.1) is 0 Å². The summed E-state index contributed by atoms with van der Waals surface area (Å²) in [6, 6.07) is 0. The second-order valence-corrected chi connectivity index (χ2v) is 5.51. The van der Waals surface area contributed by atoms with Gasteiger partial charge in [0, 0.05) is 0 Å². The van der Waals surface area contributed by atoms with Crippen LogP contribution in [0.2, 0.25) is 0 Å². The largest absolute Gasteiger partial charge is 0.0654 e. The fourth-order valence-electron chi connectivity index (χ4n) is 3.07. The van der Waals surface area contributed by atoms with Gasteiger partial charge in [-0.2, -0.15) is 0 Å². The van der Waals surface area contributed by atoms with Crippen molar-refractivity contribution in [3.63, 3.8) is 0 Å². The number of hydrogen-bond acceptors (Lipinski definition) is 0. The van der Waals surface area contributed by atoms with Crippen LogP contribution >= 0.6 is 0 Å². The first-order valence-corrected chi connectivity index (χ1v) is 7.36. The van der Waals surface area contributed by atoms with E-state index in [9.17, 15) is 0 Å². The molecule has 0 nitrogen and oxygen atoms in total. The van der Waals surface area contributed by atoms with Gasteiger partial charge < -0.3 is 0 Å². The highest BCUT2D eigenvalue weighted by Crippen LogP contribution is 2.31. The predicted octanol–water partition coefficient (Wildman–Crippen LogP) is 5.56. The summed E-state index contributed by atoms with van der Waals surface area (Å²) in [6.07, 6.45) is 16.3.